The van der Waals surface area contributed by atoms with Crippen LogP contribution >= 0.6 is 0 Å². The van der Waals surface area contributed by atoms with Crippen molar-refractivity contribution >= 4 is 0 Å². The van der Waals surface area contributed by atoms with Gasteiger partial charge in [-0.15, -0.1) is 0 Å². The summed E-state index contributed by atoms with van der Waals surface area (Å²) in [6, 6.07) is 0.695. The fraction of sp³-hybridized carbons (Fsp3) is 1.00. The van der Waals surface area contributed by atoms with Crippen LogP contribution in [0.3, 0.4) is 0 Å². The van der Waals surface area contributed by atoms with Gasteiger partial charge in [0.05, 0.1) is 6.61 Å². The predicted molar refractivity (Wildman–Crippen MR) is 67.6 cm³/mol. The Kier molecular flexibility index (Phi) is 6.96. The van der Waals surface area contributed by atoms with Gasteiger partial charge in [0.2, 0.25) is 0 Å². The van der Waals surface area contributed by atoms with Crippen LogP contribution in [-0.2, 0) is 4.74 Å². The van der Waals surface area contributed by atoms with Crippen LogP contribution in [0.15, 0.2) is 0 Å². The van der Waals surface area contributed by atoms with Crippen LogP contribution in [0.2, 0.25) is 0 Å². The van der Waals surface area contributed by atoms with Crippen LogP contribution in [0, 0.1) is 0 Å². The van der Waals surface area contributed by atoms with Gasteiger partial charge in [-0.25, -0.2) is 0 Å². The van der Waals surface area contributed by atoms with Crippen LogP contribution in [0.4, 0.5) is 0 Å². The minimum atomic E-state index is 0.695. The van der Waals surface area contributed by atoms with E-state index in [0.29, 0.717) is 6.04 Å². The van der Waals surface area contributed by atoms with Crippen molar-refractivity contribution in [3.8, 4) is 0 Å². The summed E-state index contributed by atoms with van der Waals surface area (Å²) in [5.41, 5.74) is 5.62. The minimum Gasteiger partial charge on any atom is -0.383 e. The Hall–Kier alpha value is -0.160. The van der Waals surface area contributed by atoms with Crippen molar-refractivity contribution in [2.45, 2.75) is 25.8 Å². The van der Waals surface area contributed by atoms with Crippen molar-refractivity contribution in [3.05, 3.63) is 0 Å². The van der Waals surface area contributed by atoms with Gasteiger partial charge < -0.3 is 10.5 Å². The van der Waals surface area contributed by atoms with Crippen LogP contribution in [0.1, 0.15) is 19.8 Å². The molecule has 0 spiro atoms. The number of hydrogen-bond donors (Lipinski definition) is 1. The van der Waals surface area contributed by atoms with E-state index in [1.807, 2.05) is 0 Å². The first kappa shape index (κ1) is 13.9. The number of nitrogens with zero attached hydrogens (tertiary/aromatic N) is 2. The van der Waals surface area contributed by atoms with Crippen LogP contribution < -0.4 is 5.73 Å². The lowest BCUT2D eigenvalue weighted by molar-refractivity contribution is 0.0487. The third-order valence-electron chi connectivity index (χ3n) is 3.34. The Labute approximate surface area is 99.7 Å². The average Bonchev–Trinajstić information content (AvgIpc) is 2.29. The highest BCUT2D eigenvalue weighted by molar-refractivity contribution is 4.81. The van der Waals surface area contributed by atoms with E-state index in [9.17, 15) is 0 Å². The quantitative estimate of drug-likeness (QED) is 0.685. The Morgan fingerprint density at radius 2 is 2.12 bits per heavy atom. The fourth-order valence-electron chi connectivity index (χ4n) is 2.45. The molecule has 4 heteroatoms. The van der Waals surface area contributed by atoms with E-state index in [4.69, 9.17) is 10.5 Å². The van der Waals surface area contributed by atoms with Crippen molar-refractivity contribution in [2.24, 2.45) is 5.73 Å². The Bertz CT molecular complexity index is 178. The second-order valence-corrected chi connectivity index (χ2v) is 4.56. The zero-order valence-corrected chi connectivity index (χ0v) is 10.8. The summed E-state index contributed by atoms with van der Waals surface area (Å²) >= 11 is 0. The summed E-state index contributed by atoms with van der Waals surface area (Å²) in [6.07, 6.45) is 2.54. The van der Waals surface area contributed by atoms with Gasteiger partial charge >= 0.3 is 0 Å². The van der Waals surface area contributed by atoms with Gasteiger partial charge in [-0.1, -0.05) is 13.3 Å². The molecule has 2 N–H and O–H groups in total. The van der Waals surface area contributed by atoms with E-state index < -0.39 is 0 Å². The number of rotatable bonds is 7. The zero-order valence-electron chi connectivity index (χ0n) is 10.8. The van der Waals surface area contributed by atoms with Crippen molar-refractivity contribution < 1.29 is 4.74 Å². The first-order chi connectivity index (χ1) is 7.81. The molecule has 0 amide bonds. The maximum atomic E-state index is 5.62. The topological polar surface area (TPSA) is 41.7 Å². The molecule has 1 rings (SSSR count). The lowest BCUT2D eigenvalue weighted by Crippen LogP contribution is -2.54. The number of piperazine rings is 1. The third-order valence-corrected chi connectivity index (χ3v) is 3.34. The maximum absolute atomic E-state index is 5.62. The smallest absolute Gasteiger partial charge is 0.0589 e. The zero-order chi connectivity index (χ0) is 11.8. The van der Waals surface area contributed by atoms with E-state index in [1.165, 1.54) is 19.4 Å². The summed E-state index contributed by atoms with van der Waals surface area (Å²) in [5.74, 6) is 0. The molecule has 0 radical (unpaired) electrons. The van der Waals surface area contributed by atoms with Crippen LogP contribution in [0.25, 0.3) is 0 Å². The molecule has 1 unspecified atom stereocenters. The first-order valence-corrected chi connectivity index (χ1v) is 6.47. The number of ether oxygens (including phenoxy) is 1. The average molecular weight is 229 g/mol. The molecule has 1 atom stereocenters. The fourth-order valence-corrected chi connectivity index (χ4v) is 2.45. The van der Waals surface area contributed by atoms with Gasteiger partial charge in [-0.05, 0) is 6.42 Å². The van der Waals surface area contributed by atoms with Gasteiger partial charge in [-0.3, -0.25) is 9.80 Å². The molecule has 0 aliphatic carbocycles. The first-order valence-electron chi connectivity index (χ1n) is 6.47. The Morgan fingerprint density at radius 1 is 1.31 bits per heavy atom. The normalized spacial score (nSPS) is 23.8. The van der Waals surface area contributed by atoms with E-state index >= 15 is 0 Å². The molecule has 0 aromatic heterocycles. The molecule has 1 heterocycles. The summed E-state index contributed by atoms with van der Waals surface area (Å²) in [5, 5.41) is 0. The standard InChI is InChI=1S/C12H27N3O/c1-3-4-12-11-14(6-5-13)7-8-15(12)9-10-16-2/h12H,3-11,13H2,1-2H3. The molecule has 1 aliphatic heterocycles. The van der Waals surface area contributed by atoms with Crippen molar-refractivity contribution in [1.82, 2.24) is 9.80 Å². The highest BCUT2D eigenvalue weighted by Gasteiger charge is 2.25. The van der Waals surface area contributed by atoms with Gasteiger partial charge in [0, 0.05) is 52.4 Å². The molecule has 0 saturated carbocycles. The molecule has 0 aromatic carbocycles. The van der Waals surface area contributed by atoms with E-state index in [0.717, 1.165) is 39.3 Å². The summed E-state index contributed by atoms with van der Waals surface area (Å²) in [6.45, 7) is 9.48. The van der Waals surface area contributed by atoms with Crippen molar-refractivity contribution in [2.75, 3.05) is 53.0 Å². The molecule has 1 fully saturated rings. The minimum absolute atomic E-state index is 0.695. The lowest BCUT2D eigenvalue weighted by atomic mass is 10.1. The highest BCUT2D eigenvalue weighted by Crippen LogP contribution is 2.13. The van der Waals surface area contributed by atoms with Gasteiger partial charge in [0.1, 0.15) is 0 Å². The summed E-state index contributed by atoms with van der Waals surface area (Å²) in [7, 11) is 1.78. The summed E-state index contributed by atoms with van der Waals surface area (Å²) in [4.78, 5) is 5.06. The van der Waals surface area contributed by atoms with Gasteiger partial charge in [0.15, 0.2) is 0 Å². The molecule has 1 aliphatic rings. The second kappa shape index (κ2) is 8.01. The molecule has 16 heavy (non-hydrogen) atoms. The van der Waals surface area contributed by atoms with Crippen molar-refractivity contribution in [3.63, 3.8) is 0 Å². The molecule has 4 nitrogen and oxygen atoms in total. The Morgan fingerprint density at radius 3 is 2.75 bits per heavy atom. The van der Waals surface area contributed by atoms with Gasteiger partial charge in [-0.2, -0.15) is 0 Å². The second-order valence-electron chi connectivity index (χ2n) is 4.56. The molecule has 0 aromatic rings. The van der Waals surface area contributed by atoms with Crippen LogP contribution in [-0.4, -0.2) is 68.8 Å². The van der Waals surface area contributed by atoms with E-state index in [-0.39, 0.29) is 0 Å². The predicted octanol–water partition coefficient (Wildman–Crippen LogP) is 0.378. The Balaban J connectivity index is 2.39. The lowest BCUT2D eigenvalue weighted by Gasteiger charge is -2.41. The number of nitrogens with two attached hydrogens (primary N) is 1. The summed E-state index contributed by atoms with van der Waals surface area (Å²) < 4.78 is 5.17. The largest absolute Gasteiger partial charge is 0.383 e. The van der Waals surface area contributed by atoms with Crippen LogP contribution in [0.5, 0.6) is 0 Å². The monoisotopic (exact) mass is 229 g/mol. The molecular weight excluding hydrogens is 202 g/mol. The van der Waals surface area contributed by atoms with Gasteiger partial charge in [0.25, 0.3) is 0 Å². The SMILES string of the molecule is CCCC1CN(CCN)CCN1CCOC. The van der Waals surface area contributed by atoms with E-state index in [2.05, 4.69) is 16.7 Å². The molecule has 0 bridgehead atoms. The molecule has 1 saturated heterocycles. The number of hydrogen-bond acceptors (Lipinski definition) is 4. The third kappa shape index (κ3) is 4.37. The van der Waals surface area contributed by atoms with Crippen molar-refractivity contribution in [1.29, 1.82) is 0 Å². The number of methoxy groups -OCH3 is 1. The maximum Gasteiger partial charge on any atom is 0.0589 e. The highest BCUT2D eigenvalue weighted by atomic mass is 16.5. The van der Waals surface area contributed by atoms with E-state index in [1.54, 1.807) is 7.11 Å². The molecular formula is C12H27N3O. The molecule has 96 valence electrons.